The minimum atomic E-state index is -3.27. The van der Waals surface area contributed by atoms with Crippen molar-refractivity contribution in [2.24, 2.45) is 7.05 Å². The number of anilines is 3. The van der Waals surface area contributed by atoms with Crippen molar-refractivity contribution >= 4 is 38.2 Å². The van der Waals surface area contributed by atoms with Crippen molar-refractivity contribution in [1.29, 1.82) is 0 Å². The van der Waals surface area contributed by atoms with Crippen molar-refractivity contribution in [3.63, 3.8) is 0 Å². The molecule has 0 aliphatic carbocycles. The predicted molar refractivity (Wildman–Crippen MR) is 89.1 cm³/mol. The normalized spacial score (nSPS) is 11.6. The average Bonchev–Trinajstić information content (AvgIpc) is 2.92. The van der Waals surface area contributed by atoms with Crippen LogP contribution < -0.4 is 10.0 Å². The summed E-state index contributed by atoms with van der Waals surface area (Å²) in [4.78, 5) is 8.40. The second-order valence-electron chi connectivity index (χ2n) is 4.94. The molecule has 3 rings (SSSR count). The Morgan fingerprint density at radius 3 is 2.52 bits per heavy atom. The van der Waals surface area contributed by atoms with E-state index < -0.39 is 10.0 Å². The maximum atomic E-state index is 11.5. The van der Waals surface area contributed by atoms with Gasteiger partial charge in [-0.3, -0.25) is 9.40 Å². The van der Waals surface area contributed by atoms with Crippen molar-refractivity contribution in [3.05, 3.63) is 36.8 Å². The average molecular weight is 332 g/mol. The van der Waals surface area contributed by atoms with Gasteiger partial charge in [-0.25, -0.2) is 18.4 Å². The van der Waals surface area contributed by atoms with Gasteiger partial charge in [-0.05, 0) is 31.2 Å². The zero-order valence-electron chi connectivity index (χ0n) is 12.7. The third kappa shape index (κ3) is 3.24. The van der Waals surface area contributed by atoms with E-state index in [1.165, 1.54) is 6.33 Å². The number of hydrogen-bond donors (Lipinski definition) is 2. The summed E-state index contributed by atoms with van der Waals surface area (Å²) in [5.41, 5.74) is 2.04. The molecule has 2 N–H and O–H groups in total. The monoisotopic (exact) mass is 332 g/mol. The predicted octanol–water partition coefficient (Wildman–Crippen LogP) is 1.87. The SMILES string of the molecule is CCS(=O)(=O)Nc1ccc(Nc2ncnc3c2cnn3C)cc1. The van der Waals surface area contributed by atoms with Crippen LogP contribution in [-0.2, 0) is 17.1 Å². The van der Waals surface area contributed by atoms with Gasteiger partial charge < -0.3 is 5.32 Å². The minimum Gasteiger partial charge on any atom is -0.340 e. The molecule has 2 heterocycles. The molecule has 0 unspecified atom stereocenters. The molecule has 3 aromatic rings. The van der Waals surface area contributed by atoms with Crippen molar-refractivity contribution in [3.8, 4) is 0 Å². The molecule has 0 bridgehead atoms. The number of nitrogens with one attached hydrogen (secondary N) is 2. The van der Waals surface area contributed by atoms with Crippen LogP contribution in [0.15, 0.2) is 36.8 Å². The summed E-state index contributed by atoms with van der Waals surface area (Å²) in [6, 6.07) is 6.93. The fraction of sp³-hybridized carbons (Fsp3) is 0.214. The zero-order valence-corrected chi connectivity index (χ0v) is 13.5. The highest BCUT2D eigenvalue weighted by atomic mass is 32.2. The molecule has 0 amide bonds. The van der Waals surface area contributed by atoms with E-state index in [0.717, 1.165) is 16.7 Å². The number of hydrogen-bond acceptors (Lipinski definition) is 6. The van der Waals surface area contributed by atoms with Gasteiger partial charge >= 0.3 is 0 Å². The van der Waals surface area contributed by atoms with Gasteiger partial charge in [0.2, 0.25) is 10.0 Å². The number of fused-ring (bicyclic) bond motifs is 1. The van der Waals surface area contributed by atoms with Crippen LogP contribution in [0.2, 0.25) is 0 Å². The largest absolute Gasteiger partial charge is 0.340 e. The van der Waals surface area contributed by atoms with E-state index in [0.29, 0.717) is 11.5 Å². The Morgan fingerprint density at radius 2 is 1.83 bits per heavy atom. The number of aromatic nitrogens is 4. The third-order valence-corrected chi connectivity index (χ3v) is 4.64. The number of aryl methyl sites for hydroxylation is 1. The highest BCUT2D eigenvalue weighted by Crippen LogP contribution is 2.23. The fourth-order valence-electron chi connectivity index (χ4n) is 2.07. The topological polar surface area (TPSA) is 102 Å². The summed E-state index contributed by atoms with van der Waals surface area (Å²) in [6.07, 6.45) is 3.16. The second-order valence-corrected chi connectivity index (χ2v) is 6.95. The molecule has 2 aromatic heterocycles. The quantitative estimate of drug-likeness (QED) is 0.739. The zero-order chi connectivity index (χ0) is 16.4. The molecule has 0 fully saturated rings. The Kier molecular flexibility index (Phi) is 3.87. The summed E-state index contributed by atoms with van der Waals surface area (Å²) < 4.78 is 27.2. The van der Waals surface area contributed by atoms with Crippen LogP contribution >= 0.6 is 0 Å². The Morgan fingerprint density at radius 1 is 1.13 bits per heavy atom. The standard InChI is InChI=1S/C14H16N6O2S/c1-3-23(21,22)19-11-6-4-10(5-7-11)18-13-12-8-17-20(2)14(12)16-9-15-13/h4-9,19H,3H2,1-2H3,(H,15,16,18). The number of benzene rings is 1. The maximum Gasteiger partial charge on any atom is 0.232 e. The molecule has 120 valence electrons. The van der Waals surface area contributed by atoms with E-state index in [-0.39, 0.29) is 5.75 Å². The lowest BCUT2D eigenvalue weighted by Crippen LogP contribution is -2.14. The van der Waals surface area contributed by atoms with Crippen molar-refractivity contribution in [1.82, 2.24) is 19.7 Å². The van der Waals surface area contributed by atoms with E-state index in [1.54, 1.807) is 42.1 Å². The number of nitrogens with zero attached hydrogens (tertiary/aromatic N) is 4. The molecule has 0 radical (unpaired) electrons. The first-order valence-electron chi connectivity index (χ1n) is 6.99. The molecule has 0 saturated carbocycles. The van der Waals surface area contributed by atoms with Gasteiger partial charge in [-0.2, -0.15) is 5.10 Å². The Bertz CT molecular complexity index is 934. The van der Waals surface area contributed by atoms with Gasteiger partial charge in [0.25, 0.3) is 0 Å². The smallest absolute Gasteiger partial charge is 0.232 e. The molecule has 0 aliphatic rings. The summed E-state index contributed by atoms with van der Waals surface area (Å²) in [7, 11) is -1.46. The fourth-order valence-corrected chi connectivity index (χ4v) is 2.71. The lowest BCUT2D eigenvalue weighted by molar-refractivity contribution is 0.602. The highest BCUT2D eigenvalue weighted by molar-refractivity contribution is 7.92. The van der Waals surface area contributed by atoms with Crippen LogP contribution in [0.5, 0.6) is 0 Å². The van der Waals surface area contributed by atoms with Gasteiger partial charge in [-0.15, -0.1) is 0 Å². The Balaban J connectivity index is 1.83. The van der Waals surface area contributed by atoms with Gasteiger partial charge in [0, 0.05) is 18.4 Å². The minimum absolute atomic E-state index is 0.0346. The maximum absolute atomic E-state index is 11.5. The molecule has 0 spiro atoms. The summed E-state index contributed by atoms with van der Waals surface area (Å²) in [5.74, 6) is 0.678. The van der Waals surface area contributed by atoms with E-state index in [4.69, 9.17) is 0 Å². The van der Waals surface area contributed by atoms with E-state index in [9.17, 15) is 8.42 Å². The molecular weight excluding hydrogens is 316 g/mol. The van der Waals surface area contributed by atoms with Crippen LogP contribution in [0.4, 0.5) is 17.2 Å². The van der Waals surface area contributed by atoms with Crippen LogP contribution in [-0.4, -0.2) is 33.9 Å². The molecule has 0 aliphatic heterocycles. The first-order valence-corrected chi connectivity index (χ1v) is 8.64. The first-order chi connectivity index (χ1) is 11.0. The molecule has 9 heteroatoms. The molecule has 1 aromatic carbocycles. The number of sulfonamides is 1. The number of rotatable bonds is 5. The van der Waals surface area contributed by atoms with Gasteiger partial charge in [-0.1, -0.05) is 0 Å². The van der Waals surface area contributed by atoms with E-state index >= 15 is 0 Å². The lowest BCUT2D eigenvalue weighted by atomic mass is 10.3. The highest BCUT2D eigenvalue weighted by Gasteiger charge is 2.09. The van der Waals surface area contributed by atoms with Crippen LogP contribution in [0.3, 0.4) is 0 Å². The van der Waals surface area contributed by atoms with Gasteiger partial charge in [0.05, 0.1) is 17.3 Å². The summed E-state index contributed by atoms with van der Waals surface area (Å²) in [5, 5.41) is 8.15. The Labute approximate surface area is 133 Å². The van der Waals surface area contributed by atoms with E-state index in [2.05, 4.69) is 25.1 Å². The van der Waals surface area contributed by atoms with Crippen molar-refractivity contribution in [2.45, 2.75) is 6.92 Å². The molecule has 23 heavy (non-hydrogen) atoms. The van der Waals surface area contributed by atoms with Crippen LogP contribution in [0.1, 0.15) is 6.92 Å². The van der Waals surface area contributed by atoms with Gasteiger partial charge in [0.15, 0.2) is 5.65 Å². The second kappa shape index (κ2) is 5.84. The van der Waals surface area contributed by atoms with Crippen LogP contribution in [0.25, 0.3) is 11.0 Å². The molecule has 8 nitrogen and oxygen atoms in total. The van der Waals surface area contributed by atoms with E-state index in [1.807, 2.05) is 7.05 Å². The summed E-state index contributed by atoms with van der Waals surface area (Å²) in [6.45, 7) is 1.59. The van der Waals surface area contributed by atoms with Crippen molar-refractivity contribution < 1.29 is 8.42 Å². The lowest BCUT2D eigenvalue weighted by Gasteiger charge is -2.09. The van der Waals surface area contributed by atoms with Crippen molar-refractivity contribution in [2.75, 3.05) is 15.8 Å². The molecular formula is C14H16N6O2S. The van der Waals surface area contributed by atoms with Gasteiger partial charge in [0.1, 0.15) is 12.1 Å². The third-order valence-electron chi connectivity index (χ3n) is 3.33. The molecule has 0 saturated heterocycles. The van der Waals surface area contributed by atoms with Crippen LogP contribution in [0, 0.1) is 0 Å². The first kappa shape index (κ1) is 15.2. The Hall–Kier alpha value is -2.68. The molecule has 0 atom stereocenters. The summed E-state index contributed by atoms with van der Waals surface area (Å²) >= 11 is 0.